The molecule has 4 heteroatoms. The van der Waals surface area contributed by atoms with E-state index in [2.05, 4.69) is 0 Å². The van der Waals surface area contributed by atoms with Crippen LogP contribution in [0.3, 0.4) is 0 Å². The minimum Gasteiger partial charge on any atom is -0.312 e. The third kappa shape index (κ3) is 1.81. The van der Waals surface area contributed by atoms with Crippen LogP contribution in [0.25, 0.3) is 0 Å². The summed E-state index contributed by atoms with van der Waals surface area (Å²) in [6.45, 7) is 0.728. The molecule has 0 saturated carbocycles. The Balaban J connectivity index is 2.37. The summed E-state index contributed by atoms with van der Waals surface area (Å²) < 4.78 is 0. The Bertz CT molecular complexity index is 450. The highest BCUT2D eigenvalue weighted by Crippen LogP contribution is 2.25. The Hall–Kier alpha value is -1.53. The normalized spacial score (nSPS) is 15.5. The second-order valence-corrected chi connectivity index (χ2v) is 3.83. The van der Waals surface area contributed by atoms with Crippen molar-refractivity contribution in [2.75, 3.05) is 11.4 Å². The molecule has 0 N–H and O–H groups in total. The van der Waals surface area contributed by atoms with Crippen molar-refractivity contribution in [3.8, 4) is 6.07 Å². The van der Waals surface area contributed by atoms with Crippen molar-refractivity contribution in [2.24, 2.45) is 0 Å². The van der Waals surface area contributed by atoms with Crippen molar-refractivity contribution in [3.63, 3.8) is 0 Å². The Morgan fingerprint density at radius 1 is 1.47 bits per heavy atom. The molecule has 0 atom stereocenters. The zero-order chi connectivity index (χ0) is 10.8. The van der Waals surface area contributed by atoms with Crippen LogP contribution < -0.4 is 4.90 Å². The average molecular weight is 221 g/mol. The number of hydrogen-bond acceptors (Lipinski definition) is 2. The third-order valence-electron chi connectivity index (χ3n) is 2.46. The van der Waals surface area contributed by atoms with Gasteiger partial charge in [-0.15, -0.1) is 0 Å². The molecular weight excluding hydrogens is 212 g/mol. The minimum atomic E-state index is 0.112. The van der Waals surface area contributed by atoms with E-state index >= 15 is 0 Å². The van der Waals surface area contributed by atoms with Gasteiger partial charge in [-0.3, -0.25) is 4.79 Å². The van der Waals surface area contributed by atoms with Crippen molar-refractivity contribution in [3.05, 3.63) is 28.8 Å². The lowest BCUT2D eigenvalue weighted by atomic mass is 10.2. The molecule has 15 heavy (non-hydrogen) atoms. The van der Waals surface area contributed by atoms with Crippen LogP contribution in [-0.2, 0) is 4.79 Å². The van der Waals surface area contributed by atoms with Crippen molar-refractivity contribution in [1.29, 1.82) is 5.26 Å². The largest absolute Gasteiger partial charge is 0.312 e. The van der Waals surface area contributed by atoms with E-state index < -0.39 is 0 Å². The highest BCUT2D eigenvalue weighted by molar-refractivity contribution is 6.31. The summed E-state index contributed by atoms with van der Waals surface area (Å²) in [6, 6.07) is 7.09. The molecular formula is C11H9ClN2O. The number of amides is 1. The first-order valence-corrected chi connectivity index (χ1v) is 5.10. The van der Waals surface area contributed by atoms with Crippen molar-refractivity contribution >= 4 is 23.2 Å². The van der Waals surface area contributed by atoms with E-state index in [4.69, 9.17) is 16.9 Å². The summed E-state index contributed by atoms with van der Waals surface area (Å²) in [5.74, 6) is 0.112. The molecule has 76 valence electrons. The SMILES string of the molecule is N#Cc1cc(N2CCCC2=O)ccc1Cl. The maximum atomic E-state index is 11.5. The molecule has 1 heterocycles. The Labute approximate surface area is 92.9 Å². The quantitative estimate of drug-likeness (QED) is 0.729. The van der Waals surface area contributed by atoms with Crippen LogP contribution in [0.2, 0.25) is 5.02 Å². The lowest BCUT2D eigenvalue weighted by Crippen LogP contribution is -2.23. The van der Waals surface area contributed by atoms with Crippen LogP contribution in [-0.4, -0.2) is 12.5 Å². The molecule has 0 aromatic heterocycles. The molecule has 3 nitrogen and oxygen atoms in total. The fraction of sp³-hybridized carbons (Fsp3) is 0.273. The molecule has 1 aliphatic heterocycles. The molecule has 1 aromatic carbocycles. The zero-order valence-corrected chi connectivity index (χ0v) is 8.79. The van der Waals surface area contributed by atoms with Gasteiger partial charge >= 0.3 is 0 Å². The maximum Gasteiger partial charge on any atom is 0.227 e. The predicted octanol–water partition coefficient (Wildman–Crippen LogP) is 2.34. The molecule has 1 saturated heterocycles. The second-order valence-electron chi connectivity index (χ2n) is 3.42. The van der Waals surface area contributed by atoms with Crippen molar-refractivity contribution < 1.29 is 4.79 Å². The number of benzene rings is 1. The third-order valence-corrected chi connectivity index (χ3v) is 2.79. The number of carbonyl (C=O) groups excluding carboxylic acids is 1. The molecule has 1 aromatic rings. The van der Waals surface area contributed by atoms with Gasteiger partial charge in [0.2, 0.25) is 5.91 Å². The van der Waals surface area contributed by atoms with Crippen LogP contribution in [0.5, 0.6) is 0 Å². The summed E-state index contributed by atoms with van der Waals surface area (Å²) in [5, 5.41) is 9.24. The van der Waals surface area contributed by atoms with Gasteiger partial charge in [0, 0.05) is 18.7 Å². The fourth-order valence-electron chi connectivity index (χ4n) is 1.69. The summed E-state index contributed by atoms with van der Waals surface area (Å²) >= 11 is 5.81. The molecule has 0 spiro atoms. The first kappa shape index (κ1) is 10.0. The Kier molecular flexibility index (Phi) is 2.61. The standard InChI is InChI=1S/C11H9ClN2O/c12-10-4-3-9(6-8(10)7-13)14-5-1-2-11(14)15/h3-4,6H,1-2,5H2. The molecule has 2 rings (SSSR count). The van der Waals surface area contributed by atoms with E-state index in [1.165, 1.54) is 0 Å². The maximum absolute atomic E-state index is 11.5. The summed E-state index contributed by atoms with van der Waals surface area (Å²) in [4.78, 5) is 13.2. The molecule has 0 bridgehead atoms. The summed E-state index contributed by atoms with van der Waals surface area (Å²) in [6.07, 6.45) is 1.47. The number of rotatable bonds is 1. The highest BCUT2D eigenvalue weighted by atomic mass is 35.5. The van der Waals surface area contributed by atoms with E-state index in [9.17, 15) is 4.79 Å². The van der Waals surface area contributed by atoms with Crippen molar-refractivity contribution in [1.82, 2.24) is 0 Å². The van der Waals surface area contributed by atoms with Gasteiger partial charge in [-0.1, -0.05) is 11.6 Å². The van der Waals surface area contributed by atoms with Crippen molar-refractivity contribution in [2.45, 2.75) is 12.8 Å². The minimum absolute atomic E-state index is 0.112. The van der Waals surface area contributed by atoms with Gasteiger partial charge in [0.05, 0.1) is 10.6 Å². The van der Waals surface area contributed by atoms with E-state index in [-0.39, 0.29) is 5.91 Å². The van der Waals surface area contributed by atoms with E-state index in [1.54, 1.807) is 23.1 Å². The average Bonchev–Trinajstić information content (AvgIpc) is 2.65. The molecule has 0 aliphatic carbocycles. The second kappa shape index (κ2) is 3.92. The van der Waals surface area contributed by atoms with E-state index in [0.29, 0.717) is 17.0 Å². The lowest BCUT2D eigenvalue weighted by Gasteiger charge is -2.15. The van der Waals surface area contributed by atoms with Gasteiger partial charge in [0.15, 0.2) is 0 Å². The van der Waals surface area contributed by atoms with Crippen LogP contribution in [0.4, 0.5) is 5.69 Å². The van der Waals surface area contributed by atoms with Gasteiger partial charge < -0.3 is 4.90 Å². The topological polar surface area (TPSA) is 44.1 Å². The smallest absolute Gasteiger partial charge is 0.227 e. The number of nitriles is 1. The molecule has 1 aliphatic rings. The van der Waals surface area contributed by atoms with Gasteiger partial charge in [-0.05, 0) is 24.6 Å². The summed E-state index contributed by atoms with van der Waals surface area (Å²) in [5.41, 5.74) is 1.17. The van der Waals surface area contributed by atoms with Crippen LogP contribution in [0.15, 0.2) is 18.2 Å². The first-order valence-electron chi connectivity index (χ1n) is 4.72. The first-order chi connectivity index (χ1) is 7.22. The van der Waals surface area contributed by atoms with Gasteiger partial charge in [0.25, 0.3) is 0 Å². The van der Waals surface area contributed by atoms with E-state index in [0.717, 1.165) is 18.7 Å². The van der Waals surface area contributed by atoms with Gasteiger partial charge in [-0.2, -0.15) is 5.26 Å². The van der Waals surface area contributed by atoms with E-state index in [1.807, 2.05) is 6.07 Å². The number of halogens is 1. The number of carbonyl (C=O) groups is 1. The number of nitrogens with zero attached hydrogens (tertiary/aromatic N) is 2. The van der Waals surface area contributed by atoms with Gasteiger partial charge in [0.1, 0.15) is 6.07 Å². The Morgan fingerprint density at radius 2 is 2.27 bits per heavy atom. The van der Waals surface area contributed by atoms with Crippen LogP contribution >= 0.6 is 11.6 Å². The molecule has 1 amide bonds. The fourth-order valence-corrected chi connectivity index (χ4v) is 1.85. The number of hydrogen-bond donors (Lipinski definition) is 0. The van der Waals surface area contributed by atoms with Gasteiger partial charge in [-0.25, -0.2) is 0 Å². The molecule has 1 fully saturated rings. The Morgan fingerprint density at radius 3 is 2.87 bits per heavy atom. The summed E-state index contributed by atoms with van der Waals surface area (Å²) in [7, 11) is 0. The highest BCUT2D eigenvalue weighted by Gasteiger charge is 2.22. The number of anilines is 1. The van der Waals surface area contributed by atoms with Crippen LogP contribution in [0, 0.1) is 11.3 Å². The molecule has 0 radical (unpaired) electrons. The lowest BCUT2D eigenvalue weighted by molar-refractivity contribution is -0.117. The van der Waals surface area contributed by atoms with Crippen LogP contribution in [0.1, 0.15) is 18.4 Å². The monoisotopic (exact) mass is 220 g/mol. The molecule has 0 unspecified atom stereocenters. The predicted molar refractivity (Wildman–Crippen MR) is 57.8 cm³/mol. The zero-order valence-electron chi connectivity index (χ0n) is 8.03.